The van der Waals surface area contributed by atoms with Crippen LogP contribution in [0.4, 0.5) is 21.9 Å². The second-order valence-electron chi connectivity index (χ2n) is 3.71. The molecule has 92 valence electrons. The quantitative estimate of drug-likeness (QED) is 0.706. The summed E-state index contributed by atoms with van der Waals surface area (Å²) in [5.74, 6) is 0.428. The van der Waals surface area contributed by atoms with Crippen LogP contribution in [-0.2, 0) is 0 Å². The van der Waals surface area contributed by atoms with Crippen LogP contribution in [0.3, 0.4) is 0 Å². The fraction of sp³-hybridized carbons (Fsp3) is 0. The van der Waals surface area contributed by atoms with Crippen LogP contribution in [-0.4, -0.2) is 6.09 Å². The number of ether oxygens (including phenoxy) is 1. The number of benzene rings is 2. The topological polar surface area (TPSA) is 90.4 Å². The molecule has 2 rings (SSSR count). The van der Waals surface area contributed by atoms with Crippen LogP contribution in [0.2, 0.25) is 0 Å². The predicted octanol–water partition coefficient (Wildman–Crippen LogP) is 2.46. The summed E-state index contributed by atoms with van der Waals surface area (Å²) < 4.78 is 5.07. The summed E-state index contributed by atoms with van der Waals surface area (Å²) in [7, 11) is 0. The van der Waals surface area contributed by atoms with Crippen molar-refractivity contribution >= 4 is 23.2 Å². The van der Waals surface area contributed by atoms with Crippen LogP contribution in [0, 0.1) is 0 Å². The molecule has 0 radical (unpaired) electrons. The van der Waals surface area contributed by atoms with Gasteiger partial charge in [0.1, 0.15) is 5.75 Å². The first-order chi connectivity index (χ1) is 8.63. The van der Waals surface area contributed by atoms with Crippen LogP contribution in [0.5, 0.6) is 5.75 Å². The molecule has 0 fully saturated rings. The second kappa shape index (κ2) is 5.09. The van der Waals surface area contributed by atoms with Crippen molar-refractivity contribution in [3.63, 3.8) is 0 Å². The molecule has 0 spiro atoms. The molecule has 0 aliphatic rings. The van der Waals surface area contributed by atoms with Gasteiger partial charge in [-0.1, -0.05) is 0 Å². The summed E-state index contributed by atoms with van der Waals surface area (Å²) in [6, 6.07) is 13.3. The van der Waals surface area contributed by atoms with E-state index in [0.717, 1.165) is 0 Å². The van der Waals surface area contributed by atoms with Crippen molar-refractivity contribution in [1.82, 2.24) is 0 Å². The lowest BCUT2D eigenvalue weighted by molar-refractivity contribution is 0.215. The molecular formula is C13H13N3O2. The highest BCUT2D eigenvalue weighted by Crippen LogP contribution is 2.15. The highest BCUT2D eigenvalue weighted by molar-refractivity contribution is 5.86. The zero-order valence-corrected chi connectivity index (χ0v) is 9.59. The van der Waals surface area contributed by atoms with Gasteiger partial charge in [0.15, 0.2) is 0 Å². The maximum Gasteiger partial charge on any atom is 0.417 e. The number of nitrogens with two attached hydrogens (primary N) is 2. The second-order valence-corrected chi connectivity index (χ2v) is 3.71. The fourth-order valence-corrected chi connectivity index (χ4v) is 1.35. The van der Waals surface area contributed by atoms with Gasteiger partial charge in [-0.15, -0.1) is 0 Å². The van der Waals surface area contributed by atoms with E-state index in [1.807, 2.05) is 0 Å². The molecule has 1 amide bonds. The van der Waals surface area contributed by atoms with Crippen molar-refractivity contribution in [2.45, 2.75) is 0 Å². The Bertz CT molecular complexity index is 486. The molecule has 0 saturated heterocycles. The number of carbonyl (C=O) groups excluding carboxylic acids is 1. The Morgan fingerprint density at radius 1 is 0.889 bits per heavy atom. The summed E-state index contributed by atoms with van der Waals surface area (Å²) in [5, 5.41) is 2.58. The van der Waals surface area contributed by atoms with Crippen LogP contribution >= 0.6 is 0 Å². The molecule has 0 bridgehead atoms. The van der Waals surface area contributed by atoms with E-state index in [-0.39, 0.29) is 0 Å². The Morgan fingerprint density at radius 3 is 1.94 bits per heavy atom. The lowest BCUT2D eigenvalue weighted by Crippen LogP contribution is -2.16. The third-order valence-electron chi connectivity index (χ3n) is 2.25. The number of carbonyl (C=O) groups is 1. The van der Waals surface area contributed by atoms with Crippen molar-refractivity contribution in [2.24, 2.45) is 0 Å². The number of rotatable bonds is 2. The molecule has 2 aromatic carbocycles. The molecule has 5 N–H and O–H groups in total. The van der Waals surface area contributed by atoms with E-state index in [4.69, 9.17) is 16.2 Å². The molecule has 0 aliphatic heterocycles. The van der Waals surface area contributed by atoms with Gasteiger partial charge in [-0.3, -0.25) is 5.32 Å². The van der Waals surface area contributed by atoms with E-state index in [1.165, 1.54) is 0 Å². The zero-order chi connectivity index (χ0) is 13.0. The largest absolute Gasteiger partial charge is 0.417 e. The predicted molar refractivity (Wildman–Crippen MR) is 71.4 cm³/mol. The first kappa shape index (κ1) is 11.8. The molecule has 0 unspecified atom stereocenters. The molecule has 0 aliphatic carbocycles. The van der Waals surface area contributed by atoms with Crippen LogP contribution < -0.4 is 21.5 Å². The lowest BCUT2D eigenvalue weighted by Gasteiger charge is -2.06. The third kappa shape index (κ3) is 3.15. The van der Waals surface area contributed by atoms with E-state index in [1.54, 1.807) is 48.5 Å². The Morgan fingerprint density at radius 2 is 1.39 bits per heavy atom. The summed E-state index contributed by atoms with van der Waals surface area (Å²) in [4.78, 5) is 11.6. The molecule has 0 saturated carbocycles. The minimum Gasteiger partial charge on any atom is -0.410 e. The summed E-state index contributed by atoms with van der Waals surface area (Å²) >= 11 is 0. The minimum atomic E-state index is -0.565. The number of amides is 1. The van der Waals surface area contributed by atoms with Crippen molar-refractivity contribution < 1.29 is 9.53 Å². The highest BCUT2D eigenvalue weighted by Gasteiger charge is 2.04. The van der Waals surface area contributed by atoms with Crippen LogP contribution in [0.15, 0.2) is 48.5 Å². The van der Waals surface area contributed by atoms with Gasteiger partial charge in [0.05, 0.1) is 0 Å². The SMILES string of the molecule is Nc1ccc(NC(=O)Oc2ccc(N)cc2)cc1. The number of nitrogen functional groups attached to an aromatic ring is 2. The normalized spacial score (nSPS) is 9.78. The standard InChI is InChI=1S/C13H13N3O2/c14-9-1-5-11(6-2-9)16-13(17)18-12-7-3-10(15)4-8-12/h1-8H,14-15H2,(H,16,17). The van der Waals surface area contributed by atoms with Crippen molar-refractivity contribution in [2.75, 3.05) is 16.8 Å². The molecular weight excluding hydrogens is 230 g/mol. The smallest absolute Gasteiger partial charge is 0.410 e. The van der Waals surface area contributed by atoms with Gasteiger partial charge in [0.2, 0.25) is 0 Å². The van der Waals surface area contributed by atoms with Gasteiger partial charge in [-0.2, -0.15) is 0 Å². The highest BCUT2D eigenvalue weighted by atomic mass is 16.6. The maximum absolute atomic E-state index is 11.6. The van der Waals surface area contributed by atoms with E-state index >= 15 is 0 Å². The van der Waals surface area contributed by atoms with Gasteiger partial charge >= 0.3 is 6.09 Å². The lowest BCUT2D eigenvalue weighted by atomic mass is 10.3. The summed E-state index contributed by atoms with van der Waals surface area (Å²) in [5.41, 5.74) is 12.9. The van der Waals surface area contributed by atoms with Crippen molar-refractivity contribution in [1.29, 1.82) is 0 Å². The zero-order valence-electron chi connectivity index (χ0n) is 9.59. The molecule has 0 heterocycles. The molecule has 5 nitrogen and oxygen atoms in total. The monoisotopic (exact) mass is 243 g/mol. The van der Waals surface area contributed by atoms with E-state index < -0.39 is 6.09 Å². The van der Waals surface area contributed by atoms with E-state index in [9.17, 15) is 4.79 Å². The molecule has 2 aromatic rings. The number of nitrogens with one attached hydrogen (secondary N) is 1. The number of anilines is 3. The van der Waals surface area contributed by atoms with E-state index in [0.29, 0.717) is 22.8 Å². The average molecular weight is 243 g/mol. The Balaban J connectivity index is 1.96. The van der Waals surface area contributed by atoms with Gasteiger partial charge in [-0.05, 0) is 48.5 Å². The summed E-state index contributed by atoms with van der Waals surface area (Å²) in [6.07, 6.45) is -0.565. The van der Waals surface area contributed by atoms with E-state index in [2.05, 4.69) is 5.32 Å². The molecule has 5 heteroatoms. The molecule has 18 heavy (non-hydrogen) atoms. The van der Waals surface area contributed by atoms with Gasteiger partial charge in [0, 0.05) is 17.1 Å². The van der Waals surface area contributed by atoms with Gasteiger partial charge in [0.25, 0.3) is 0 Å². The Hall–Kier alpha value is -2.69. The Kier molecular flexibility index (Phi) is 3.33. The van der Waals surface area contributed by atoms with Crippen molar-refractivity contribution in [3.8, 4) is 5.75 Å². The summed E-state index contributed by atoms with van der Waals surface area (Å²) in [6.45, 7) is 0. The Labute approximate surface area is 104 Å². The number of hydrogen-bond acceptors (Lipinski definition) is 4. The first-order valence-electron chi connectivity index (χ1n) is 5.33. The van der Waals surface area contributed by atoms with Crippen LogP contribution in [0.1, 0.15) is 0 Å². The maximum atomic E-state index is 11.6. The fourth-order valence-electron chi connectivity index (χ4n) is 1.35. The first-order valence-corrected chi connectivity index (χ1v) is 5.33. The third-order valence-corrected chi connectivity index (χ3v) is 2.25. The minimum absolute atomic E-state index is 0.428. The molecule has 0 atom stereocenters. The van der Waals surface area contributed by atoms with Gasteiger partial charge in [-0.25, -0.2) is 4.79 Å². The van der Waals surface area contributed by atoms with Gasteiger partial charge < -0.3 is 16.2 Å². The molecule has 0 aromatic heterocycles. The number of hydrogen-bond donors (Lipinski definition) is 3. The van der Waals surface area contributed by atoms with Crippen LogP contribution in [0.25, 0.3) is 0 Å². The van der Waals surface area contributed by atoms with Crippen molar-refractivity contribution in [3.05, 3.63) is 48.5 Å². The average Bonchev–Trinajstić information content (AvgIpc) is 2.35.